The molecule has 1 atom stereocenters. The average molecular weight is 421 g/mol. The van der Waals surface area contributed by atoms with Crippen molar-refractivity contribution < 1.29 is 14.3 Å². The highest BCUT2D eigenvalue weighted by Gasteiger charge is 2.21. The number of carbonyl (C=O) groups is 2. The van der Waals surface area contributed by atoms with Crippen LogP contribution in [-0.4, -0.2) is 34.4 Å². The summed E-state index contributed by atoms with van der Waals surface area (Å²) in [4.78, 5) is 25.1. The highest BCUT2D eigenvalue weighted by atomic mass is 16.5. The van der Waals surface area contributed by atoms with Gasteiger partial charge in [0.05, 0.1) is 6.20 Å². The van der Waals surface area contributed by atoms with E-state index >= 15 is 0 Å². The SMILES string of the molecule is Cn1cc(CCCNC(=O)[C@H](Cc2ccccc2)NC(=O)OCc2ccccc2)cn1. The number of hydrogen-bond donors (Lipinski definition) is 2. The van der Waals surface area contributed by atoms with Crippen LogP contribution in [0.3, 0.4) is 0 Å². The van der Waals surface area contributed by atoms with Gasteiger partial charge in [0, 0.05) is 26.2 Å². The molecule has 0 unspecified atom stereocenters. The molecule has 162 valence electrons. The van der Waals surface area contributed by atoms with Crippen LogP contribution in [0.15, 0.2) is 73.1 Å². The molecule has 3 rings (SSSR count). The normalized spacial score (nSPS) is 11.5. The molecular weight excluding hydrogens is 392 g/mol. The highest BCUT2D eigenvalue weighted by molar-refractivity contribution is 5.85. The van der Waals surface area contributed by atoms with Crippen molar-refractivity contribution in [1.29, 1.82) is 0 Å². The van der Waals surface area contributed by atoms with Gasteiger partial charge in [-0.15, -0.1) is 0 Å². The van der Waals surface area contributed by atoms with Gasteiger partial charge in [0.15, 0.2) is 0 Å². The first kappa shape index (κ1) is 22.1. The predicted octanol–water partition coefficient (Wildman–Crippen LogP) is 3.01. The van der Waals surface area contributed by atoms with Gasteiger partial charge < -0.3 is 15.4 Å². The Kier molecular flexibility index (Phi) is 8.22. The van der Waals surface area contributed by atoms with Crippen LogP contribution in [0, 0.1) is 0 Å². The van der Waals surface area contributed by atoms with Crippen LogP contribution < -0.4 is 10.6 Å². The van der Waals surface area contributed by atoms with E-state index in [9.17, 15) is 9.59 Å². The summed E-state index contributed by atoms with van der Waals surface area (Å²) in [6.45, 7) is 0.664. The predicted molar refractivity (Wildman–Crippen MR) is 118 cm³/mol. The number of nitrogens with zero attached hydrogens (tertiary/aromatic N) is 2. The Balaban J connectivity index is 1.51. The van der Waals surface area contributed by atoms with Gasteiger partial charge in [-0.3, -0.25) is 9.48 Å². The Morgan fingerprint density at radius 1 is 1.00 bits per heavy atom. The number of aromatic nitrogens is 2. The minimum atomic E-state index is -0.718. The van der Waals surface area contributed by atoms with E-state index in [4.69, 9.17) is 4.74 Å². The molecular formula is C24H28N4O3. The largest absolute Gasteiger partial charge is 0.445 e. The third-order valence-electron chi connectivity index (χ3n) is 4.80. The molecule has 0 spiro atoms. The summed E-state index contributed by atoms with van der Waals surface area (Å²) < 4.78 is 7.05. The van der Waals surface area contributed by atoms with Crippen molar-refractivity contribution in [3.63, 3.8) is 0 Å². The van der Waals surface area contributed by atoms with Gasteiger partial charge in [-0.05, 0) is 29.5 Å². The van der Waals surface area contributed by atoms with Crippen molar-refractivity contribution in [2.75, 3.05) is 6.54 Å². The molecule has 0 aliphatic rings. The summed E-state index contributed by atoms with van der Waals surface area (Å²) >= 11 is 0. The Hall–Kier alpha value is -3.61. The molecule has 0 aliphatic carbocycles. The first-order valence-electron chi connectivity index (χ1n) is 10.4. The van der Waals surface area contributed by atoms with E-state index in [0.29, 0.717) is 13.0 Å². The van der Waals surface area contributed by atoms with Gasteiger partial charge in [-0.25, -0.2) is 4.79 Å². The molecule has 0 saturated heterocycles. The zero-order valence-electron chi connectivity index (χ0n) is 17.7. The van der Waals surface area contributed by atoms with Crippen LogP contribution >= 0.6 is 0 Å². The lowest BCUT2D eigenvalue weighted by Crippen LogP contribution is -2.48. The lowest BCUT2D eigenvalue weighted by Gasteiger charge is -2.18. The molecule has 7 nitrogen and oxygen atoms in total. The number of hydrogen-bond acceptors (Lipinski definition) is 4. The summed E-state index contributed by atoms with van der Waals surface area (Å²) in [6.07, 6.45) is 5.16. The fourth-order valence-electron chi connectivity index (χ4n) is 3.19. The van der Waals surface area contributed by atoms with Gasteiger partial charge >= 0.3 is 6.09 Å². The lowest BCUT2D eigenvalue weighted by molar-refractivity contribution is -0.123. The third kappa shape index (κ3) is 7.62. The minimum Gasteiger partial charge on any atom is -0.445 e. The van der Waals surface area contributed by atoms with E-state index in [1.165, 1.54) is 0 Å². The number of ether oxygens (including phenoxy) is 1. The van der Waals surface area contributed by atoms with Gasteiger partial charge in [-0.2, -0.15) is 5.10 Å². The van der Waals surface area contributed by atoms with E-state index in [2.05, 4.69) is 15.7 Å². The molecule has 0 saturated carbocycles. The number of carbonyl (C=O) groups excluding carboxylic acids is 2. The molecule has 2 aromatic carbocycles. The van der Waals surface area contributed by atoms with Crippen LogP contribution in [0.5, 0.6) is 0 Å². The van der Waals surface area contributed by atoms with E-state index in [1.54, 1.807) is 4.68 Å². The molecule has 0 fully saturated rings. The molecule has 0 radical (unpaired) electrons. The first-order valence-corrected chi connectivity index (χ1v) is 10.4. The Morgan fingerprint density at radius 3 is 2.32 bits per heavy atom. The third-order valence-corrected chi connectivity index (χ3v) is 4.80. The summed E-state index contributed by atoms with van der Waals surface area (Å²) in [5, 5.41) is 9.78. The number of rotatable bonds is 10. The quantitative estimate of drug-likeness (QED) is 0.494. The fourth-order valence-corrected chi connectivity index (χ4v) is 3.19. The molecule has 2 N–H and O–H groups in total. The molecule has 31 heavy (non-hydrogen) atoms. The number of nitrogens with one attached hydrogen (secondary N) is 2. The van der Waals surface area contributed by atoms with Crippen LogP contribution in [0.2, 0.25) is 0 Å². The second kappa shape index (κ2) is 11.5. The van der Waals surface area contributed by atoms with Crippen molar-refractivity contribution in [2.45, 2.75) is 31.9 Å². The van der Waals surface area contributed by atoms with Crippen LogP contribution in [-0.2, 0) is 36.0 Å². The summed E-state index contributed by atoms with van der Waals surface area (Å²) in [7, 11) is 1.88. The second-order valence-electron chi connectivity index (χ2n) is 7.37. The summed E-state index contributed by atoms with van der Waals surface area (Å²) in [6, 6.07) is 18.3. The highest BCUT2D eigenvalue weighted by Crippen LogP contribution is 2.06. The Labute approximate surface area is 182 Å². The Bertz CT molecular complexity index is 957. The average Bonchev–Trinajstić information content (AvgIpc) is 3.21. The fraction of sp³-hybridized carbons (Fsp3) is 0.292. The number of alkyl carbamates (subject to hydrolysis) is 1. The first-order chi connectivity index (χ1) is 15.1. The molecule has 0 aliphatic heterocycles. The molecule has 7 heteroatoms. The van der Waals surface area contributed by atoms with Crippen molar-refractivity contribution in [3.8, 4) is 0 Å². The maximum Gasteiger partial charge on any atom is 0.408 e. The topological polar surface area (TPSA) is 85.2 Å². The summed E-state index contributed by atoms with van der Waals surface area (Å²) in [5.41, 5.74) is 2.97. The maximum atomic E-state index is 12.8. The van der Waals surface area contributed by atoms with Crippen molar-refractivity contribution in [2.24, 2.45) is 7.05 Å². The van der Waals surface area contributed by atoms with E-state index in [0.717, 1.165) is 29.5 Å². The smallest absolute Gasteiger partial charge is 0.408 e. The van der Waals surface area contributed by atoms with Gasteiger partial charge in [0.1, 0.15) is 12.6 Å². The molecule has 0 bridgehead atoms. The van der Waals surface area contributed by atoms with E-state index < -0.39 is 12.1 Å². The van der Waals surface area contributed by atoms with Gasteiger partial charge in [0.2, 0.25) is 5.91 Å². The summed E-state index contributed by atoms with van der Waals surface area (Å²) in [5.74, 6) is -0.230. The van der Waals surface area contributed by atoms with Gasteiger partial charge in [-0.1, -0.05) is 60.7 Å². The van der Waals surface area contributed by atoms with Crippen molar-refractivity contribution in [1.82, 2.24) is 20.4 Å². The van der Waals surface area contributed by atoms with Crippen LogP contribution in [0.4, 0.5) is 4.79 Å². The number of amides is 2. The molecule has 2 amide bonds. The zero-order chi connectivity index (χ0) is 21.9. The molecule has 3 aromatic rings. The standard InChI is InChI=1S/C24H28N4O3/c1-28-17-21(16-26-28)13-8-14-25-23(29)22(15-19-9-4-2-5-10-19)27-24(30)31-18-20-11-6-3-7-12-20/h2-7,9-12,16-17,22H,8,13-15,18H2,1H3,(H,25,29)(H,27,30)/t22-/m0/s1. The van der Waals surface area contributed by atoms with Crippen molar-refractivity contribution >= 4 is 12.0 Å². The monoisotopic (exact) mass is 420 g/mol. The van der Waals surface area contributed by atoms with Crippen LogP contribution in [0.25, 0.3) is 0 Å². The maximum absolute atomic E-state index is 12.8. The molecule has 1 aromatic heterocycles. The van der Waals surface area contributed by atoms with E-state index in [-0.39, 0.29) is 12.5 Å². The van der Waals surface area contributed by atoms with Gasteiger partial charge in [0.25, 0.3) is 0 Å². The lowest BCUT2D eigenvalue weighted by atomic mass is 10.1. The second-order valence-corrected chi connectivity index (χ2v) is 7.37. The van der Waals surface area contributed by atoms with Crippen molar-refractivity contribution in [3.05, 3.63) is 89.7 Å². The molecule has 1 heterocycles. The minimum absolute atomic E-state index is 0.150. The zero-order valence-corrected chi connectivity index (χ0v) is 17.7. The number of benzene rings is 2. The Morgan fingerprint density at radius 2 is 1.68 bits per heavy atom. The number of aryl methyl sites for hydroxylation is 2. The van der Waals surface area contributed by atoms with E-state index in [1.807, 2.05) is 80.1 Å². The van der Waals surface area contributed by atoms with Crippen LogP contribution in [0.1, 0.15) is 23.1 Å².